The summed E-state index contributed by atoms with van der Waals surface area (Å²) >= 11 is 0. The maximum Gasteiger partial charge on any atom is 2.00 e. The van der Waals surface area contributed by atoms with Crippen molar-refractivity contribution >= 4 is 23.3 Å². The number of carboxylic acid groups (broad SMARTS) is 2. The molecular formula is C24H22N4O6Zn. The average molecular weight is 528 g/mol. The molecule has 35 heavy (non-hydrogen) atoms. The van der Waals surface area contributed by atoms with Gasteiger partial charge in [0, 0.05) is 35.9 Å². The minimum absolute atomic E-state index is 0. The van der Waals surface area contributed by atoms with E-state index in [1.807, 2.05) is 36.4 Å². The number of aromatic hydroxyl groups is 2. The molecule has 0 bridgehead atoms. The topological polar surface area (TPSA) is 199 Å². The fourth-order valence-electron chi connectivity index (χ4n) is 1.97. The summed E-state index contributed by atoms with van der Waals surface area (Å²) in [4.78, 5) is 28.0. The molecule has 2 aromatic heterocycles. The van der Waals surface area contributed by atoms with Gasteiger partial charge in [0.2, 0.25) is 0 Å². The molecule has 0 spiro atoms. The molecule has 176 valence electrons. The van der Waals surface area contributed by atoms with Gasteiger partial charge >= 0.3 is 19.5 Å². The molecule has 0 aliphatic rings. The molecule has 2 heterocycles. The maximum atomic E-state index is 10.2. The van der Waals surface area contributed by atoms with Gasteiger partial charge in [-0.05, 0) is 48.5 Å². The van der Waals surface area contributed by atoms with Gasteiger partial charge in [-0.1, -0.05) is 24.3 Å². The Labute approximate surface area is 214 Å². The molecule has 6 N–H and O–H groups in total. The second kappa shape index (κ2) is 17.0. The molecule has 0 aliphatic heterocycles. The Morgan fingerprint density at radius 2 is 0.943 bits per heavy atom. The molecule has 0 unspecified atom stereocenters. The number of aromatic nitrogens is 2. The fourth-order valence-corrected chi connectivity index (χ4v) is 1.97. The van der Waals surface area contributed by atoms with E-state index in [1.54, 1.807) is 24.8 Å². The van der Waals surface area contributed by atoms with Gasteiger partial charge in [-0.2, -0.15) is 0 Å². The summed E-state index contributed by atoms with van der Waals surface area (Å²) in [6.07, 6.45) is 7.00. The van der Waals surface area contributed by atoms with E-state index in [1.165, 1.54) is 24.3 Å². The number of anilines is 2. The third-order valence-corrected chi connectivity index (χ3v) is 3.67. The Morgan fingerprint density at radius 3 is 1.11 bits per heavy atom. The third kappa shape index (κ3) is 13.0. The van der Waals surface area contributed by atoms with Crippen molar-refractivity contribution in [3.8, 4) is 11.5 Å². The van der Waals surface area contributed by atoms with E-state index in [9.17, 15) is 19.8 Å². The van der Waals surface area contributed by atoms with Gasteiger partial charge in [-0.25, -0.2) is 0 Å². The zero-order chi connectivity index (χ0) is 25.3. The number of carbonyl (C=O) groups is 2. The Bertz CT molecular complexity index is 1020. The first-order valence-electron chi connectivity index (χ1n) is 9.52. The van der Waals surface area contributed by atoms with Gasteiger partial charge in [0.15, 0.2) is 0 Å². The normalized spacial score (nSPS) is 8.69. The van der Waals surface area contributed by atoms with E-state index < -0.39 is 11.9 Å². The predicted molar refractivity (Wildman–Crippen MR) is 122 cm³/mol. The first-order valence-corrected chi connectivity index (χ1v) is 9.52. The second-order valence-corrected chi connectivity index (χ2v) is 6.17. The molecule has 0 atom stereocenters. The number of phenols is 2. The summed E-state index contributed by atoms with van der Waals surface area (Å²) in [5, 5.41) is 38.3. The number of nitrogens with zero attached hydrogens (tertiary/aromatic N) is 2. The Morgan fingerprint density at radius 1 is 0.629 bits per heavy atom. The molecular weight excluding hydrogens is 506 g/mol. The van der Waals surface area contributed by atoms with E-state index in [2.05, 4.69) is 9.97 Å². The number of aromatic carboxylic acids is 2. The first kappa shape index (κ1) is 30.5. The number of hydrogen-bond acceptors (Lipinski definition) is 10. The van der Waals surface area contributed by atoms with Crippen LogP contribution >= 0.6 is 0 Å². The first-order chi connectivity index (χ1) is 16.2. The molecule has 0 saturated heterocycles. The minimum Gasteiger partial charge on any atom is -0.545 e. The van der Waals surface area contributed by atoms with Gasteiger partial charge in [-0.15, -0.1) is 0 Å². The fraction of sp³-hybridized carbons (Fsp3) is 0. The molecule has 10 nitrogen and oxygen atoms in total. The molecule has 2 aromatic carbocycles. The predicted octanol–water partition coefficient (Wildman–Crippen LogP) is 0.836. The molecule has 4 rings (SSSR count). The van der Waals surface area contributed by atoms with E-state index in [-0.39, 0.29) is 53.5 Å². The summed E-state index contributed by atoms with van der Waals surface area (Å²) in [7, 11) is 0. The van der Waals surface area contributed by atoms with Crippen LogP contribution in [0.5, 0.6) is 11.5 Å². The van der Waals surface area contributed by atoms with Crippen LogP contribution in [0.4, 0.5) is 11.4 Å². The van der Waals surface area contributed by atoms with E-state index in [0.29, 0.717) is 0 Å². The summed E-state index contributed by atoms with van der Waals surface area (Å²) in [5.41, 5.74) is 10.6. The van der Waals surface area contributed by atoms with E-state index >= 15 is 0 Å². The van der Waals surface area contributed by atoms with Crippen LogP contribution in [0.1, 0.15) is 20.7 Å². The van der Waals surface area contributed by atoms with Gasteiger partial charge < -0.3 is 41.5 Å². The summed E-state index contributed by atoms with van der Waals surface area (Å²) in [6.45, 7) is 0. The molecule has 4 aromatic rings. The van der Waals surface area contributed by atoms with Crippen LogP contribution in [-0.2, 0) is 19.5 Å². The molecule has 0 aliphatic carbocycles. The SMILES string of the molecule is Nc1ccc(C(=O)[O-])cc1O.Nc1ccc(C(=O)[O-])cc1O.[Zn+2].c1ccncc1.c1ccncc1. The van der Waals surface area contributed by atoms with Gasteiger partial charge in [0.1, 0.15) is 11.5 Å². The van der Waals surface area contributed by atoms with Crippen LogP contribution in [0.3, 0.4) is 0 Å². The molecule has 0 saturated carbocycles. The monoisotopic (exact) mass is 526 g/mol. The largest absolute Gasteiger partial charge is 2.00 e. The zero-order valence-electron chi connectivity index (χ0n) is 18.5. The third-order valence-electron chi connectivity index (χ3n) is 3.67. The number of carbonyl (C=O) groups excluding carboxylic acids is 2. The smallest absolute Gasteiger partial charge is 0.545 e. The standard InChI is InChI=1S/2C7H7NO3.2C5H5N.Zn/c2*8-5-2-1-4(7(10)11)3-6(5)9;2*1-2-4-6-5-3-1;/h2*1-3,9H,8H2,(H,10,11);2*1-5H;/q;;;;+2/p-2. The van der Waals surface area contributed by atoms with Crippen LogP contribution < -0.4 is 21.7 Å². The summed E-state index contributed by atoms with van der Waals surface area (Å²) in [6, 6.07) is 18.7. The van der Waals surface area contributed by atoms with Crippen molar-refractivity contribution in [3.05, 3.63) is 109 Å². The van der Waals surface area contributed by atoms with Crippen LogP contribution in [-0.4, -0.2) is 32.1 Å². The quantitative estimate of drug-likeness (QED) is 0.164. The maximum absolute atomic E-state index is 10.2. The number of nitrogens with two attached hydrogens (primary N) is 2. The Balaban J connectivity index is 0.000000452. The zero-order valence-corrected chi connectivity index (χ0v) is 21.5. The van der Waals surface area contributed by atoms with Crippen molar-refractivity contribution < 1.29 is 49.5 Å². The number of nitrogen functional groups attached to an aromatic ring is 2. The van der Waals surface area contributed by atoms with Gasteiger partial charge in [-0.3, -0.25) is 9.97 Å². The van der Waals surface area contributed by atoms with E-state index in [4.69, 9.17) is 21.7 Å². The Hall–Kier alpha value is -4.50. The molecule has 0 amide bonds. The van der Waals surface area contributed by atoms with Crippen LogP contribution in [0.2, 0.25) is 0 Å². The number of carboxylic acids is 2. The van der Waals surface area contributed by atoms with Gasteiger partial charge in [0.25, 0.3) is 0 Å². The van der Waals surface area contributed by atoms with Crippen molar-refractivity contribution in [1.29, 1.82) is 0 Å². The average Bonchev–Trinajstić information content (AvgIpc) is 2.86. The van der Waals surface area contributed by atoms with Crippen molar-refractivity contribution in [2.75, 3.05) is 11.5 Å². The second-order valence-electron chi connectivity index (χ2n) is 6.17. The number of pyridine rings is 2. The number of benzene rings is 2. The van der Waals surface area contributed by atoms with Crippen LogP contribution in [0.25, 0.3) is 0 Å². The summed E-state index contributed by atoms with van der Waals surface area (Å²) < 4.78 is 0. The van der Waals surface area contributed by atoms with Crippen molar-refractivity contribution in [3.63, 3.8) is 0 Å². The Kier molecular flexibility index (Phi) is 14.9. The molecule has 11 heteroatoms. The minimum atomic E-state index is -1.33. The van der Waals surface area contributed by atoms with Crippen LogP contribution in [0, 0.1) is 0 Å². The van der Waals surface area contributed by atoms with Gasteiger partial charge in [0.05, 0.1) is 23.3 Å². The molecule has 0 fully saturated rings. The van der Waals surface area contributed by atoms with E-state index in [0.717, 1.165) is 12.1 Å². The number of hydrogen-bond donors (Lipinski definition) is 4. The number of rotatable bonds is 2. The van der Waals surface area contributed by atoms with Crippen LogP contribution in [0.15, 0.2) is 97.6 Å². The van der Waals surface area contributed by atoms with Crippen molar-refractivity contribution in [1.82, 2.24) is 9.97 Å². The van der Waals surface area contributed by atoms with Crippen molar-refractivity contribution in [2.24, 2.45) is 0 Å². The number of phenolic OH excluding ortho intramolecular Hbond substituents is 2. The van der Waals surface area contributed by atoms with Crippen molar-refractivity contribution in [2.45, 2.75) is 0 Å². The molecule has 0 radical (unpaired) electrons. The summed E-state index contributed by atoms with van der Waals surface area (Å²) in [5.74, 6) is -3.15.